The van der Waals surface area contributed by atoms with Crippen LogP contribution in [0.1, 0.15) is 24.5 Å². The Morgan fingerprint density at radius 2 is 1.72 bits per heavy atom. The SMILES string of the molecule is CC(=O)CC(=O)N1c2ccc(CO)cc2CC1(C(F)(F)F)C(F)(F)F. The summed E-state index contributed by atoms with van der Waals surface area (Å²) in [4.78, 5) is 22.9. The van der Waals surface area contributed by atoms with Gasteiger partial charge in [-0.3, -0.25) is 14.5 Å². The number of anilines is 1. The lowest BCUT2D eigenvalue weighted by Crippen LogP contribution is -2.68. The third-order valence-electron chi connectivity index (χ3n) is 3.98. The third-order valence-corrected chi connectivity index (χ3v) is 3.98. The molecular weight excluding hydrogens is 356 g/mol. The maximum Gasteiger partial charge on any atom is 0.421 e. The molecular formula is C15H13F6NO3. The summed E-state index contributed by atoms with van der Waals surface area (Å²) in [5.74, 6) is -2.44. The number of benzene rings is 1. The van der Waals surface area contributed by atoms with Crippen LogP contribution < -0.4 is 4.90 Å². The number of ketones is 1. The number of Topliss-reactive ketones (excluding diaryl/α,β-unsaturated/α-hetero) is 1. The summed E-state index contributed by atoms with van der Waals surface area (Å²) in [5.41, 5.74) is -5.29. The van der Waals surface area contributed by atoms with E-state index < -0.39 is 54.7 Å². The molecule has 0 saturated carbocycles. The highest BCUT2D eigenvalue weighted by Crippen LogP contribution is 2.55. The molecule has 1 aromatic rings. The van der Waals surface area contributed by atoms with Crippen LogP contribution in [0.4, 0.5) is 32.0 Å². The minimum atomic E-state index is -5.82. The van der Waals surface area contributed by atoms with Crippen LogP contribution >= 0.6 is 0 Å². The molecule has 0 aromatic heterocycles. The highest BCUT2D eigenvalue weighted by molar-refractivity contribution is 6.07. The van der Waals surface area contributed by atoms with Gasteiger partial charge in [0.15, 0.2) is 0 Å². The molecule has 2 rings (SSSR count). The highest BCUT2D eigenvalue weighted by atomic mass is 19.4. The molecule has 4 nitrogen and oxygen atoms in total. The molecule has 10 heteroatoms. The Morgan fingerprint density at radius 3 is 2.16 bits per heavy atom. The number of aliphatic hydroxyl groups excluding tert-OH is 1. The zero-order chi connectivity index (χ0) is 19.2. The zero-order valence-corrected chi connectivity index (χ0v) is 12.8. The fraction of sp³-hybridized carbons (Fsp3) is 0.467. The second-order valence-electron chi connectivity index (χ2n) is 5.76. The Bertz CT molecular complexity index is 696. The molecule has 0 aliphatic carbocycles. The maximum absolute atomic E-state index is 13.6. The van der Waals surface area contributed by atoms with E-state index in [0.29, 0.717) is 0 Å². The average Bonchev–Trinajstić information content (AvgIpc) is 2.81. The number of amides is 1. The van der Waals surface area contributed by atoms with Crippen molar-refractivity contribution in [2.75, 3.05) is 4.90 Å². The summed E-state index contributed by atoms with van der Waals surface area (Å²) in [7, 11) is 0. The lowest BCUT2D eigenvalue weighted by Gasteiger charge is -2.41. The van der Waals surface area contributed by atoms with E-state index in [1.807, 2.05) is 0 Å². The second-order valence-corrected chi connectivity index (χ2v) is 5.76. The molecule has 1 N–H and O–H groups in total. The minimum absolute atomic E-state index is 0.109. The van der Waals surface area contributed by atoms with Gasteiger partial charge < -0.3 is 5.11 Å². The van der Waals surface area contributed by atoms with E-state index in [-0.39, 0.29) is 16.0 Å². The van der Waals surface area contributed by atoms with Crippen LogP contribution in [0.5, 0.6) is 0 Å². The van der Waals surface area contributed by atoms with Crippen LogP contribution in [-0.4, -0.2) is 34.7 Å². The minimum Gasteiger partial charge on any atom is -0.392 e. The van der Waals surface area contributed by atoms with E-state index in [1.54, 1.807) is 0 Å². The van der Waals surface area contributed by atoms with Crippen LogP contribution in [0, 0.1) is 0 Å². The van der Waals surface area contributed by atoms with Gasteiger partial charge in [0.25, 0.3) is 0 Å². The molecule has 1 aliphatic rings. The summed E-state index contributed by atoms with van der Waals surface area (Å²) in [6.45, 7) is 0.312. The number of hydrogen-bond donors (Lipinski definition) is 1. The highest BCUT2D eigenvalue weighted by Gasteiger charge is 2.77. The first kappa shape index (κ1) is 19.2. The first-order valence-corrected chi connectivity index (χ1v) is 7.03. The number of fused-ring (bicyclic) bond motifs is 1. The van der Waals surface area contributed by atoms with Crippen molar-refractivity contribution in [3.05, 3.63) is 29.3 Å². The van der Waals surface area contributed by atoms with Crippen LogP contribution in [0.15, 0.2) is 18.2 Å². The molecule has 0 bridgehead atoms. The van der Waals surface area contributed by atoms with Crippen LogP contribution in [0.2, 0.25) is 0 Å². The Labute approximate surface area is 138 Å². The largest absolute Gasteiger partial charge is 0.421 e. The van der Waals surface area contributed by atoms with Crippen molar-refractivity contribution in [1.29, 1.82) is 0 Å². The molecule has 0 spiro atoms. The first-order valence-electron chi connectivity index (χ1n) is 7.03. The number of rotatable bonds is 3. The number of hydrogen-bond acceptors (Lipinski definition) is 3. The zero-order valence-electron chi connectivity index (χ0n) is 12.8. The Kier molecular flexibility index (Phi) is 4.62. The number of aliphatic hydroxyl groups is 1. The lowest BCUT2D eigenvalue weighted by atomic mass is 9.91. The number of alkyl halides is 6. The van der Waals surface area contributed by atoms with E-state index >= 15 is 0 Å². The Hall–Kier alpha value is -2.10. The molecule has 0 atom stereocenters. The van der Waals surface area contributed by atoms with Crippen LogP contribution in [-0.2, 0) is 22.6 Å². The average molecular weight is 369 g/mol. The summed E-state index contributed by atoms with van der Waals surface area (Å²) in [5, 5.41) is 9.04. The molecule has 0 saturated heterocycles. The van der Waals surface area contributed by atoms with Gasteiger partial charge in [-0.15, -0.1) is 0 Å². The summed E-state index contributed by atoms with van der Waals surface area (Å²) in [6.07, 6.45) is -14.3. The number of halogens is 6. The molecule has 25 heavy (non-hydrogen) atoms. The van der Waals surface area contributed by atoms with Gasteiger partial charge in [-0.2, -0.15) is 26.3 Å². The van der Waals surface area contributed by atoms with E-state index in [0.717, 1.165) is 25.1 Å². The number of nitrogens with zero attached hydrogens (tertiary/aromatic N) is 1. The quantitative estimate of drug-likeness (QED) is 0.659. The summed E-state index contributed by atoms with van der Waals surface area (Å²) < 4.78 is 81.4. The topological polar surface area (TPSA) is 57.6 Å². The van der Waals surface area contributed by atoms with Gasteiger partial charge in [-0.25, -0.2) is 0 Å². The van der Waals surface area contributed by atoms with E-state index in [2.05, 4.69) is 0 Å². The first-order chi connectivity index (χ1) is 11.3. The molecule has 1 aromatic carbocycles. The third kappa shape index (κ3) is 2.99. The smallest absolute Gasteiger partial charge is 0.392 e. The predicted molar refractivity (Wildman–Crippen MR) is 73.7 cm³/mol. The van der Waals surface area contributed by atoms with Gasteiger partial charge in [0, 0.05) is 12.1 Å². The van der Waals surface area contributed by atoms with E-state index in [4.69, 9.17) is 5.11 Å². The van der Waals surface area contributed by atoms with Gasteiger partial charge in [-0.1, -0.05) is 12.1 Å². The van der Waals surface area contributed by atoms with Gasteiger partial charge in [0.1, 0.15) is 5.78 Å². The van der Waals surface area contributed by atoms with E-state index in [9.17, 15) is 35.9 Å². The van der Waals surface area contributed by atoms with Crippen molar-refractivity contribution in [3.8, 4) is 0 Å². The van der Waals surface area contributed by atoms with Crippen molar-refractivity contribution in [2.45, 2.75) is 44.3 Å². The molecule has 1 aliphatic heterocycles. The monoisotopic (exact) mass is 369 g/mol. The normalized spacial score (nSPS) is 16.7. The Balaban J connectivity index is 2.73. The van der Waals surface area contributed by atoms with Gasteiger partial charge >= 0.3 is 12.4 Å². The molecule has 0 fully saturated rings. The van der Waals surface area contributed by atoms with Crippen molar-refractivity contribution < 1.29 is 41.0 Å². The lowest BCUT2D eigenvalue weighted by molar-refractivity contribution is -0.293. The van der Waals surface area contributed by atoms with Crippen LogP contribution in [0.3, 0.4) is 0 Å². The van der Waals surface area contributed by atoms with Crippen molar-refractivity contribution >= 4 is 17.4 Å². The predicted octanol–water partition coefficient (Wildman–Crippen LogP) is 2.91. The summed E-state index contributed by atoms with van der Waals surface area (Å²) in [6, 6.07) is 3.02. The fourth-order valence-corrected chi connectivity index (χ4v) is 2.91. The van der Waals surface area contributed by atoms with Gasteiger partial charge in [0.05, 0.1) is 13.0 Å². The van der Waals surface area contributed by atoms with Crippen molar-refractivity contribution in [1.82, 2.24) is 0 Å². The fourth-order valence-electron chi connectivity index (χ4n) is 2.91. The van der Waals surface area contributed by atoms with Crippen LogP contribution in [0.25, 0.3) is 0 Å². The molecule has 1 heterocycles. The van der Waals surface area contributed by atoms with Crippen molar-refractivity contribution in [2.24, 2.45) is 0 Å². The summed E-state index contributed by atoms with van der Waals surface area (Å²) >= 11 is 0. The standard InChI is InChI=1S/C15H13F6NO3/c1-8(24)4-12(25)22-11-3-2-9(7-23)5-10(11)6-13(22,14(16,17)18)15(19,20)21/h2-3,5,23H,4,6-7H2,1H3. The van der Waals surface area contributed by atoms with Crippen molar-refractivity contribution in [3.63, 3.8) is 0 Å². The molecule has 1 amide bonds. The molecule has 138 valence electrons. The van der Waals surface area contributed by atoms with E-state index in [1.165, 1.54) is 0 Å². The Morgan fingerprint density at radius 1 is 1.16 bits per heavy atom. The second kappa shape index (κ2) is 6.01. The number of carbonyl (C=O) groups excluding carboxylic acids is 2. The molecule has 0 radical (unpaired) electrons. The molecule has 0 unspecified atom stereocenters. The maximum atomic E-state index is 13.6. The van der Waals surface area contributed by atoms with Gasteiger partial charge in [-0.05, 0) is 24.1 Å². The van der Waals surface area contributed by atoms with Gasteiger partial charge in [0.2, 0.25) is 11.4 Å². The number of carbonyl (C=O) groups is 2.